The van der Waals surface area contributed by atoms with Crippen LogP contribution in [-0.4, -0.2) is 34.3 Å². The maximum absolute atomic E-state index is 11.3. The van der Waals surface area contributed by atoms with Gasteiger partial charge < -0.3 is 14.8 Å². The first-order valence-electron chi connectivity index (χ1n) is 5.04. The average Bonchev–Trinajstić information content (AvgIpc) is 2.24. The second-order valence-electron chi connectivity index (χ2n) is 3.18. The van der Waals surface area contributed by atoms with Crippen LogP contribution in [0.4, 0.5) is 0 Å². The van der Waals surface area contributed by atoms with Crippen LogP contribution < -0.4 is 5.56 Å². The molecule has 88 valence electrons. The predicted molar refractivity (Wildman–Crippen MR) is 56.6 cm³/mol. The number of carboxylic acid groups (broad SMARTS) is 1. The van der Waals surface area contributed by atoms with Gasteiger partial charge in [-0.15, -0.1) is 0 Å². The number of aryl methyl sites for hydroxylation is 1. The maximum Gasteiger partial charge on any atom is 0.342 e. The highest BCUT2D eigenvalue weighted by molar-refractivity contribution is 5.86. The summed E-state index contributed by atoms with van der Waals surface area (Å²) >= 11 is 0. The molecule has 1 heterocycles. The van der Waals surface area contributed by atoms with E-state index in [9.17, 15) is 9.59 Å². The van der Waals surface area contributed by atoms with Gasteiger partial charge in [-0.2, -0.15) is 0 Å². The summed E-state index contributed by atoms with van der Waals surface area (Å²) in [7, 11) is 0. The highest BCUT2D eigenvalue weighted by atomic mass is 16.5. The molecule has 0 fully saturated rings. The Bertz CT molecular complexity index is 414. The topological polar surface area (TPSA) is 92.3 Å². The lowest BCUT2D eigenvalue weighted by Crippen LogP contribution is -2.20. The second-order valence-corrected chi connectivity index (χ2v) is 3.18. The van der Waals surface area contributed by atoms with Crippen LogP contribution in [0.5, 0.6) is 0 Å². The van der Waals surface area contributed by atoms with E-state index in [0.29, 0.717) is 25.5 Å². The van der Waals surface area contributed by atoms with Crippen molar-refractivity contribution in [2.24, 2.45) is 0 Å². The number of nitrogens with zero attached hydrogens (tertiary/aromatic N) is 1. The number of hydrogen-bond donors (Lipinski definition) is 2. The maximum atomic E-state index is 11.3. The first-order valence-corrected chi connectivity index (χ1v) is 5.04. The van der Waals surface area contributed by atoms with E-state index in [0.717, 1.165) is 12.6 Å². The van der Waals surface area contributed by atoms with Crippen LogP contribution >= 0.6 is 0 Å². The lowest BCUT2D eigenvalue weighted by atomic mass is 10.3. The first kappa shape index (κ1) is 12.4. The number of carboxylic acids is 1. The van der Waals surface area contributed by atoms with Crippen LogP contribution in [0.25, 0.3) is 0 Å². The molecule has 0 aromatic carbocycles. The van der Waals surface area contributed by atoms with Gasteiger partial charge >= 0.3 is 5.97 Å². The van der Waals surface area contributed by atoms with Gasteiger partial charge in [-0.05, 0) is 13.3 Å². The summed E-state index contributed by atoms with van der Waals surface area (Å²) in [6.45, 7) is 3.16. The summed E-state index contributed by atoms with van der Waals surface area (Å²) in [4.78, 5) is 28.1. The van der Waals surface area contributed by atoms with E-state index in [-0.39, 0.29) is 5.56 Å². The van der Waals surface area contributed by atoms with E-state index in [1.165, 1.54) is 0 Å². The molecule has 0 aliphatic rings. The van der Waals surface area contributed by atoms with E-state index in [2.05, 4.69) is 9.97 Å². The molecule has 0 aliphatic heterocycles. The minimum absolute atomic E-state index is 0.339. The molecule has 1 aromatic heterocycles. The van der Waals surface area contributed by atoms with Crippen LogP contribution in [0.2, 0.25) is 0 Å². The molecule has 6 heteroatoms. The Morgan fingerprint density at radius 3 is 2.94 bits per heavy atom. The molecule has 0 amide bonds. The van der Waals surface area contributed by atoms with Gasteiger partial charge in [-0.3, -0.25) is 4.79 Å². The summed E-state index contributed by atoms with van der Waals surface area (Å²) in [5.41, 5.74) is -0.956. The summed E-state index contributed by atoms with van der Waals surface area (Å²) in [6, 6.07) is 0. The smallest absolute Gasteiger partial charge is 0.342 e. The Morgan fingerprint density at radius 2 is 2.38 bits per heavy atom. The van der Waals surface area contributed by atoms with Gasteiger partial charge in [0.25, 0.3) is 5.56 Å². The van der Waals surface area contributed by atoms with E-state index in [1.807, 2.05) is 6.92 Å². The molecule has 2 N–H and O–H groups in total. The molecule has 0 unspecified atom stereocenters. The van der Waals surface area contributed by atoms with Crippen LogP contribution in [-0.2, 0) is 11.2 Å². The van der Waals surface area contributed by atoms with Crippen molar-refractivity contribution in [2.75, 3.05) is 13.2 Å². The number of rotatable bonds is 6. The third-order valence-electron chi connectivity index (χ3n) is 1.99. The summed E-state index contributed by atoms with van der Waals surface area (Å²) in [5.74, 6) is -0.788. The van der Waals surface area contributed by atoms with Gasteiger partial charge in [0.1, 0.15) is 11.4 Å². The van der Waals surface area contributed by atoms with Gasteiger partial charge in [0.15, 0.2) is 0 Å². The zero-order valence-corrected chi connectivity index (χ0v) is 9.02. The Kier molecular flexibility index (Phi) is 4.65. The van der Waals surface area contributed by atoms with Crippen molar-refractivity contribution < 1.29 is 14.6 Å². The SMILES string of the molecule is CCOCCCc1ncc(C(=O)O)c(=O)[nH]1. The molecular formula is C10H14N2O4. The number of aromatic amines is 1. The third kappa shape index (κ3) is 3.47. The number of ether oxygens (including phenoxy) is 1. The average molecular weight is 226 g/mol. The lowest BCUT2D eigenvalue weighted by molar-refractivity contribution is 0.0694. The van der Waals surface area contributed by atoms with Gasteiger partial charge in [0, 0.05) is 25.8 Å². The van der Waals surface area contributed by atoms with Crippen molar-refractivity contribution in [3.8, 4) is 0 Å². The van der Waals surface area contributed by atoms with Crippen molar-refractivity contribution >= 4 is 5.97 Å². The first-order chi connectivity index (χ1) is 7.65. The highest BCUT2D eigenvalue weighted by Gasteiger charge is 2.09. The minimum Gasteiger partial charge on any atom is -0.477 e. The molecule has 0 bridgehead atoms. The third-order valence-corrected chi connectivity index (χ3v) is 1.99. The van der Waals surface area contributed by atoms with Crippen LogP contribution in [0.3, 0.4) is 0 Å². The predicted octanol–water partition coefficient (Wildman–Crippen LogP) is 0.437. The van der Waals surface area contributed by atoms with Crippen LogP contribution in [0.1, 0.15) is 29.5 Å². The highest BCUT2D eigenvalue weighted by Crippen LogP contribution is 1.95. The molecule has 0 aliphatic carbocycles. The summed E-state index contributed by atoms with van der Waals surface area (Å²) in [5, 5.41) is 8.62. The molecule has 6 nitrogen and oxygen atoms in total. The van der Waals surface area contributed by atoms with Gasteiger partial charge in [-0.1, -0.05) is 0 Å². The largest absolute Gasteiger partial charge is 0.477 e. The fourth-order valence-electron chi connectivity index (χ4n) is 1.20. The van der Waals surface area contributed by atoms with Crippen molar-refractivity contribution in [1.29, 1.82) is 0 Å². The van der Waals surface area contributed by atoms with Crippen molar-refractivity contribution in [3.63, 3.8) is 0 Å². The van der Waals surface area contributed by atoms with E-state index >= 15 is 0 Å². The molecule has 0 saturated heterocycles. The van der Waals surface area contributed by atoms with Crippen molar-refractivity contribution in [1.82, 2.24) is 9.97 Å². The lowest BCUT2D eigenvalue weighted by Gasteiger charge is -2.01. The monoisotopic (exact) mass is 226 g/mol. The number of H-pyrrole nitrogens is 1. The number of carbonyl (C=O) groups is 1. The molecule has 16 heavy (non-hydrogen) atoms. The van der Waals surface area contributed by atoms with Crippen molar-refractivity contribution in [2.45, 2.75) is 19.8 Å². The molecule has 1 aromatic rings. The zero-order valence-electron chi connectivity index (χ0n) is 9.02. The minimum atomic E-state index is -1.27. The van der Waals surface area contributed by atoms with E-state index in [1.54, 1.807) is 0 Å². The molecule has 0 radical (unpaired) electrons. The molecular weight excluding hydrogens is 212 g/mol. The second kappa shape index (κ2) is 6.02. The summed E-state index contributed by atoms with van der Waals surface area (Å²) in [6.07, 6.45) is 2.38. The molecule has 1 rings (SSSR count). The normalized spacial score (nSPS) is 10.3. The van der Waals surface area contributed by atoms with E-state index < -0.39 is 11.5 Å². The van der Waals surface area contributed by atoms with Gasteiger partial charge in [0.2, 0.25) is 0 Å². The fraction of sp³-hybridized carbons (Fsp3) is 0.500. The molecule has 0 atom stereocenters. The standard InChI is InChI=1S/C10H14N2O4/c1-2-16-5-3-4-8-11-6-7(10(14)15)9(13)12-8/h6H,2-5H2,1H3,(H,14,15)(H,11,12,13). The Morgan fingerprint density at radius 1 is 1.62 bits per heavy atom. The van der Waals surface area contributed by atoms with Gasteiger partial charge in [-0.25, -0.2) is 9.78 Å². The number of aromatic carboxylic acids is 1. The fourth-order valence-corrected chi connectivity index (χ4v) is 1.20. The Labute approximate surface area is 92.3 Å². The summed E-state index contributed by atoms with van der Waals surface area (Å²) < 4.78 is 5.13. The van der Waals surface area contributed by atoms with E-state index in [4.69, 9.17) is 9.84 Å². The Balaban J connectivity index is 2.60. The van der Waals surface area contributed by atoms with Gasteiger partial charge in [0.05, 0.1) is 0 Å². The Hall–Kier alpha value is -1.69. The van der Waals surface area contributed by atoms with Crippen LogP contribution in [0.15, 0.2) is 11.0 Å². The quantitative estimate of drug-likeness (QED) is 0.686. The van der Waals surface area contributed by atoms with Crippen LogP contribution in [0, 0.1) is 0 Å². The number of nitrogens with one attached hydrogen (secondary N) is 1. The number of hydrogen-bond acceptors (Lipinski definition) is 4. The number of aromatic nitrogens is 2. The molecule has 0 saturated carbocycles. The molecule has 0 spiro atoms. The zero-order chi connectivity index (χ0) is 12.0. The van der Waals surface area contributed by atoms with Crippen molar-refractivity contribution in [3.05, 3.63) is 27.9 Å².